The molecule has 0 saturated heterocycles. The van der Waals surface area contributed by atoms with Crippen molar-refractivity contribution < 1.29 is 9.59 Å². The number of para-hydroxylation sites is 2. The van der Waals surface area contributed by atoms with Crippen molar-refractivity contribution in [1.29, 1.82) is 0 Å². The predicted molar refractivity (Wildman–Crippen MR) is 106 cm³/mol. The molecule has 6 nitrogen and oxygen atoms in total. The van der Waals surface area contributed by atoms with Crippen molar-refractivity contribution in [1.82, 2.24) is 14.9 Å². The minimum absolute atomic E-state index is 0.0480. The number of imidazole rings is 1. The first-order chi connectivity index (χ1) is 13.0. The number of benzene rings is 2. The highest BCUT2D eigenvalue weighted by Gasteiger charge is 2.14. The van der Waals surface area contributed by atoms with Crippen LogP contribution in [0.4, 0.5) is 5.69 Å². The number of nitrogens with one attached hydrogen (secondary N) is 2. The van der Waals surface area contributed by atoms with Gasteiger partial charge in [0.05, 0.1) is 17.6 Å². The third-order valence-corrected chi connectivity index (χ3v) is 4.59. The van der Waals surface area contributed by atoms with Gasteiger partial charge in [-0.2, -0.15) is 0 Å². The largest absolute Gasteiger partial charge is 0.349 e. The van der Waals surface area contributed by atoms with Crippen molar-refractivity contribution in [3.05, 3.63) is 59.4 Å². The van der Waals surface area contributed by atoms with E-state index in [0.717, 1.165) is 22.3 Å². The fraction of sp³-hybridized carbons (Fsp3) is 0.286. The molecule has 0 aliphatic carbocycles. The van der Waals surface area contributed by atoms with Crippen LogP contribution in [0.1, 0.15) is 30.3 Å². The molecule has 0 spiro atoms. The lowest BCUT2D eigenvalue weighted by atomic mass is 10.1. The van der Waals surface area contributed by atoms with Gasteiger partial charge in [0.15, 0.2) is 0 Å². The number of hydrogen-bond acceptors (Lipinski definition) is 3. The van der Waals surface area contributed by atoms with Gasteiger partial charge in [-0.3, -0.25) is 9.59 Å². The Bertz CT molecular complexity index is 991. The SMILES string of the molecule is CCC(=O)NCc1nc2ccccc2n1CC(=O)Nc1ccc(C)c(C)c1. The van der Waals surface area contributed by atoms with Crippen LogP contribution in [0.3, 0.4) is 0 Å². The number of amides is 2. The maximum absolute atomic E-state index is 12.6. The number of rotatable bonds is 6. The minimum atomic E-state index is -0.135. The summed E-state index contributed by atoms with van der Waals surface area (Å²) in [6, 6.07) is 13.5. The third-order valence-electron chi connectivity index (χ3n) is 4.59. The van der Waals surface area contributed by atoms with E-state index in [4.69, 9.17) is 0 Å². The maximum Gasteiger partial charge on any atom is 0.244 e. The molecule has 2 N–H and O–H groups in total. The summed E-state index contributed by atoms with van der Waals surface area (Å²) in [6.45, 7) is 6.27. The number of carbonyl (C=O) groups excluding carboxylic acids is 2. The van der Waals surface area contributed by atoms with Gasteiger partial charge in [0.25, 0.3) is 0 Å². The van der Waals surface area contributed by atoms with Gasteiger partial charge in [0.1, 0.15) is 12.4 Å². The summed E-state index contributed by atoms with van der Waals surface area (Å²) in [7, 11) is 0. The van der Waals surface area contributed by atoms with Gasteiger partial charge >= 0.3 is 0 Å². The molecule has 6 heteroatoms. The average molecular weight is 364 g/mol. The Morgan fingerprint density at radius 3 is 2.56 bits per heavy atom. The van der Waals surface area contributed by atoms with E-state index in [1.807, 2.05) is 60.9 Å². The Morgan fingerprint density at radius 2 is 1.81 bits per heavy atom. The number of anilines is 1. The lowest BCUT2D eigenvalue weighted by Crippen LogP contribution is -2.26. The van der Waals surface area contributed by atoms with Gasteiger partial charge in [-0.1, -0.05) is 25.1 Å². The Labute approximate surface area is 158 Å². The van der Waals surface area contributed by atoms with Gasteiger partial charge in [0.2, 0.25) is 11.8 Å². The second-order valence-electron chi connectivity index (χ2n) is 6.58. The molecule has 0 saturated carbocycles. The molecule has 27 heavy (non-hydrogen) atoms. The van der Waals surface area contributed by atoms with Crippen molar-refractivity contribution in [2.24, 2.45) is 0 Å². The van der Waals surface area contributed by atoms with E-state index in [1.165, 1.54) is 5.56 Å². The smallest absolute Gasteiger partial charge is 0.244 e. The fourth-order valence-corrected chi connectivity index (χ4v) is 2.90. The van der Waals surface area contributed by atoms with Crippen LogP contribution >= 0.6 is 0 Å². The van der Waals surface area contributed by atoms with Crippen molar-refractivity contribution in [3.63, 3.8) is 0 Å². The zero-order valence-electron chi connectivity index (χ0n) is 15.9. The van der Waals surface area contributed by atoms with Crippen molar-refractivity contribution >= 4 is 28.5 Å². The zero-order chi connectivity index (χ0) is 19.4. The molecular formula is C21H24N4O2. The quantitative estimate of drug-likeness (QED) is 0.704. The molecule has 2 aromatic carbocycles. The topological polar surface area (TPSA) is 76.0 Å². The summed E-state index contributed by atoms with van der Waals surface area (Å²) < 4.78 is 1.85. The molecule has 1 aromatic heterocycles. The summed E-state index contributed by atoms with van der Waals surface area (Å²) in [5.74, 6) is 0.478. The normalized spacial score (nSPS) is 10.8. The summed E-state index contributed by atoms with van der Waals surface area (Å²) in [5.41, 5.74) is 4.76. The molecule has 2 amide bonds. The average Bonchev–Trinajstić information content (AvgIpc) is 3.00. The Balaban J connectivity index is 1.82. The Morgan fingerprint density at radius 1 is 1.04 bits per heavy atom. The number of aromatic nitrogens is 2. The van der Waals surface area contributed by atoms with Crippen LogP contribution in [0, 0.1) is 13.8 Å². The minimum Gasteiger partial charge on any atom is -0.349 e. The first-order valence-electron chi connectivity index (χ1n) is 9.06. The highest BCUT2D eigenvalue weighted by Crippen LogP contribution is 2.18. The lowest BCUT2D eigenvalue weighted by Gasteiger charge is -2.11. The van der Waals surface area contributed by atoms with E-state index >= 15 is 0 Å². The van der Waals surface area contributed by atoms with Crippen LogP contribution in [0.2, 0.25) is 0 Å². The third kappa shape index (κ3) is 4.34. The zero-order valence-corrected chi connectivity index (χ0v) is 15.9. The second kappa shape index (κ2) is 8.03. The first-order valence-corrected chi connectivity index (χ1v) is 9.06. The van der Waals surface area contributed by atoms with Gasteiger partial charge in [-0.05, 0) is 49.2 Å². The summed E-state index contributed by atoms with van der Waals surface area (Å²) >= 11 is 0. The summed E-state index contributed by atoms with van der Waals surface area (Å²) in [5, 5.41) is 5.77. The summed E-state index contributed by atoms with van der Waals surface area (Å²) in [4.78, 5) is 28.8. The Hall–Kier alpha value is -3.15. The molecular weight excluding hydrogens is 340 g/mol. The molecule has 0 bridgehead atoms. The molecule has 1 heterocycles. The Kier molecular flexibility index (Phi) is 5.54. The van der Waals surface area contributed by atoms with Crippen molar-refractivity contribution in [2.75, 3.05) is 5.32 Å². The number of fused-ring (bicyclic) bond motifs is 1. The number of aryl methyl sites for hydroxylation is 2. The van der Waals surface area contributed by atoms with Crippen LogP contribution in [0.5, 0.6) is 0 Å². The van der Waals surface area contributed by atoms with Crippen LogP contribution in [0.25, 0.3) is 11.0 Å². The van der Waals surface area contributed by atoms with Crippen LogP contribution in [-0.2, 0) is 22.7 Å². The molecule has 0 fully saturated rings. The van der Waals surface area contributed by atoms with Crippen LogP contribution in [0.15, 0.2) is 42.5 Å². The van der Waals surface area contributed by atoms with E-state index < -0.39 is 0 Å². The molecule has 0 unspecified atom stereocenters. The molecule has 0 radical (unpaired) electrons. The van der Waals surface area contributed by atoms with Gasteiger partial charge in [0, 0.05) is 12.1 Å². The first kappa shape index (κ1) is 18.6. The van der Waals surface area contributed by atoms with E-state index in [2.05, 4.69) is 15.6 Å². The van der Waals surface area contributed by atoms with Crippen molar-refractivity contribution in [3.8, 4) is 0 Å². The van der Waals surface area contributed by atoms with Crippen molar-refractivity contribution in [2.45, 2.75) is 40.3 Å². The summed E-state index contributed by atoms with van der Waals surface area (Å²) in [6.07, 6.45) is 0.410. The number of carbonyl (C=O) groups is 2. The highest BCUT2D eigenvalue weighted by atomic mass is 16.2. The van der Waals surface area contributed by atoms with E-state index in [9.17, 15) is 9.59 Å². The van der Waals surface area contributed by atoms with E-state index in [0.29, 0.717) is 12.2 Å². The standard InChI is InChI=1S/C21H24N4O2/c1-4-20(26)22-12-19-24-17-7-5-6-8-18(17)25(19)13-21(27)23-16-10-9-14(2)15(3)11-16/h5-11H,4,12-13H2,1-3H3,(H,22,26)(H,23,27). The molecule has 0 aliphatic heterocycles. The van der Waals surface area contributed by atoms with Crippen LogP contribution in [-0.4, -0.2) is 21.4 Å². The lowest BCUT2D eigenvalue weighted by molar-refractivity contribution is -0.121. The van der Waals surface area contributed by atoms with Gasteiger partial charge < -0.3 is 15.2 Å². The number of hydrogen-bond donors (Lipinski definition) is 2. The van der Waals surface area contributed by atoms with E-state index in [1.54, 1.807) is 6.92 Å². The molecule has 0 atom stereocenters. The highest BCUT2D eigenvalue weighted by molar-refractivity contribution is 5.92. The second-order valence-corrected chi connectivity index (χ2v) is 6.58. The monoisotopic (exact) mass is 364 g/mol. The molecule has 3 aromatic rings. The maximum atomic E-state index is 12.6. The number of nitrogens with zero attached hydrogens (tertiary/aromatic N) is 2. The molecule has 140 valence electrons. The fourth-order valence-electron chi connectivity index (χ4n) is 2.90. The van der Waals surface area contributed by atoms with E-state index in [-0.39, 0.29) is 24.9 Å². The van der Waals surface area contributed by atoms with Crippen LogP contribution < -0.4 is 10.6 Å². The molecule has 3 rings (SSSR count). The van der Waals surface area contributed by atoms with Gasteiger partial charge in [-0.15, -0.1) is 0 Å². The molecule has 0 aliphatic rings. The van der Waals surface area contributed by atoms with Gasteiger partial charge in [-0.25, -0.2) is 4.98 Å². The predicted octanol–water partition coefficient (Wildman–Crippen LogP) is 3.32.